The lowest BCUT2D eigenvalue weighted by molar-refractivity contribution is 0.568. The maximum Gasteiger partial charge on any atom is 0.0639 e. The van der Waals surface area contributed by atoms with Crippen LogP contribution in [0.15, 0.2) is 91.0 Å². The molecule has 30 heavy (non-hydrogen) atoms. The average Bonchev–Trinajstić information content (AvgIpc) is 2.79. The normalized spacial score (nSPS) is 18.3. The lowest BCUT2D eigenvalue weighted by Crippen LogP contribution is -2.35. The highest BCUT2D eigenvalue weighted by Crippen LogP contribution is 2.37. The van der Waals surface area contributed by atoms with Gasteiger partial charge in [-0.1, -0.05) is 92.2 Å². The minimum atomic E-state index is -0.519. The van der Waals surface area contributed by atoms with Crippen LogP contribution in [-0.2, 0) is 12.0 Å². The molecule has 1 atom stereocenters. The molecule has 2 heteroatoms. The topological polar surface area (TPSA) is 52.0 Å². The van der Waals surface area contributed by atoms with Crippen molar-refractivity contribution < 1.29 is 0 Å². The maximum atomic E-state index is 6.93. The van der Waals surface area contributed by atoms with Gasteiger partial charge in [0, 0.05) is 5.69 Å². The van der Waals surface area contributed by atoms with Crippen LogP contribution in [0.1, 0.15) is 42.9 Å². The summed E-state index contributed by atoms with van der Waals surface area (Å²) in [7, 11) is 0. The molecule has 1 aliphatic carbocycles. The molecule has 0 aliphatic heterocycles. The third-order valence-electron chi connectivity index (χ3n) is 5.98. The number of nitrogens with two attached hydrogens (primary N) is 2. The number of allylic oxidation sites excluding steroid dienone is 2. The third-order valence-corrected chi connectivity index (χ3v) is 5.98. The van der Waals surface area contributed by atoms with E-state index in [0.29, 0.717) is 0 Å². The third kappa shape index (κ3) is 4.24. The van der Waals surface area contributed by atoms with Crippen LogP contribution in [0.5, 0.6) is 0 Å². The number of nitrogen functional groups attached to an aromatic ring is 1. The van der Waals surface area contributed by atoms with Crippen LogP contribution in [0.3, 0.4) is 0 Å². The van der Waals surface area contributed by atoms with Crippen LogP contribution in [0.2, 0.25) is 0 Å². The van der Waals surface area contributed by atoms with Gasteiger partial charge >= 0.3 is 0 Å². The fourth-order valence-corrected chi connectivity index (χ4v) is 4.12. The lowest BCUT2D eigenvalue weighted by Gasteiger charge is -2.31. The predicted molar refractivity (Wildman–Crippen MR) is 129 cm³/mol. The number of rotatable bonds is 6. The van der Waals surface area contributed by atoms with E-state index in [9.17, 15) is 0 Å². The molecule has 0 bridgehead atoms. The Labute approximate surface area is 179 Å². The fourth-order valence-electron chi connectivity index (χ4n) is 4.12. The van der Waals surface area contributed by atoms with Gasteiger partial charge in [0.25, 0.3) is 0 Å². The van der Waals surface area contributed by atoms with Crippen molar-refractivity contribution >= 4 is 11.3 Å². The molecule has 1 aliphatic rings. The Balaban J connectivity index is 1.61. The van der Waals surface area contributed by atoms with Crippen molar-refractivity contribution in [2.75, 3.05) is 5.73 Å². The summed E-state index contributed by atoms with van der Waals surface area (Å²) in [5, 5.41) is 0. The van der Waals surface area contributed by atoms with Gasteiger partial charge in [-0.15, -0.1) is 0 Å². The van der Waals surface area contributed by atoms with Gasteiger partial charge in [-0.3, -0.25) is 0 Å². The Hall–Kier alpha value is -3.10. The van der Waals surface area contributed by atoms with E-state index in [1.807, 2.05) is 12.1 Å². The number of anilines is 1. The zero-order valence-electron chi connectivity index (χ0n) is 17.6. The zero-order valence-corrected chi connectivity index (χ0v) is 17.6. The van der Waals surface area contributed by atoms with Crippen LogP contribution in [0, 0.1) is 0 Å². The van der Waals surface area contributed by atoms with Gasteiger partial charge in [-0.25, -0.2) is 0 Å². The highest BCUT2D eigenvalue weighted by Gasteiger charge is 2.28. The second-order valence-corrected chi connectivity index (χ2v) is 8.21. The molecule has 3 aromatic carbocycles. The van der Waals surface area contributed by atoms with Crippen LogP contribution in [-0.4, -0.2) is 0 Å². The van der Waals surface area contributed by atoms with E-state index in [1.165, 1.54) is 40.7 Å². The van der Waals surface area contributed by atoms with Gasteiger partial charge in [0.2, 0.25) is 0 Å². The highest BCUT2D eigenvalue weighted by molar-refractivity contribution is 5.77. The van der Waals surface area contributed by atoms with Crippen molar-refractivity contribution in [3.8, 4) is 11.1 Å². The SMILES string of the molecule is CCCCc1ccc(-c2ccccc2C2(N)C=CC(c3ccc(N)cc3)=CC2)cc1. The van der Waals surface area contributed by atoms with Gasteiger partial charge < -0.3 is 11.5 Å². The molecule has 0 spiro atoms. The first-order valence-electron chi connectivity index (χ1n) is 10.8. The predicted octanol–water partition coefficient (Wildman–Crippen LogP) is 6.48. The quantitative estimate of drug-likeness (QED) is 0.470. The Morgan fingerprint density at radius 2 is 1.57 bits per heavy atom. The van der Waals surface area contributed by atoms with Crippen molar-refractivity contribution in [1.29, 1.82) is 0 Å². The van der Waals surface area contributed by atoms with E-state index < -0.39 is 5.54 Å². The minimum absolute atomic E-state index is 0.519. The standard InChI is InChI=1S/C28H30N2/c1-2-3-6-21-9-11-24(12-10-21)26-7-4-5-8-27(26)28(30)19-17-23(18-20-28)22-13-15-25(29)16-14-22/h4-5,7-19H,2-3,6,20,29-30H2,1H3. The van der Waals surface area contributed by atoms with E-state index in [4.69, 9.17) is 11.5 Å². The second kappa shape index (κ2) is 8.73. The van der Waals surface area contributed by atoms with E-state index in [1.54, 1.807) is 0 Å². The summed E-state index contributed by atoms with van der Waals surface area (Å²) in [6, 6.07) is 25.5. The van der Waals surface area contributed by atoms with Gasteiger partial charge in [0.15, 0.2) is 0 Å². The summed E-state index contributed by atoms with van der Waals surface area (Å²) < 4.78 is 0. The molecule has 0 radical (unpaired) electrons. The molecule has 0 fully saturated rings. The van der Waals surface area contributed by atoms with Crippen molar-refractivity contribution in [1.82, 2.24) is 0 Å². The summed E-state index contributed by atoms with van der Waals surface area (Å²) in [5.74, 6) is 0. The van der Waals surface area contributed by atoms with Gasteiger partial charge in [0.05, 0.1) is 5.54 Å². The largest absolute Gasteiger partial charge is 0.399 e. The Bertz CT molecular complexity index is 1060. The Morgan fingerprint density at radius 1 is 0.867 bits per heavy atom. The number of aryl methyl sites for hydroxylation is 1. The Kier molecular flexibility index (Phi) is 5.87. The molecule has 0 amide bonds. The van der Waals surface area contributed by atoms with Crippen molar-refractivity contribution in [3.05, 3.63) is 108 Å². The van der Waals surface area contributed by atoms with Crippen molar-refractivity contribution in [3.63, 3.8) is 0 Å². The summed E-state index contributed by atoms with van der Waals surface area (Å²) >= 11 is 0. The number of hydrogen-bond donors (Lipinski definition) is 2. The number of benzene rings is 3. The first kappa shape index (κ1) is 20.2. The van der Waals surface area contributed by atoms with Crippen molar-refractivity contribution in [2.24, 2.45) is 5.73 Å². The van der Waals surface area contributed by atoms with E-state index in [0.717, 1.165) is 24.1 Å². The molecular weight excluding hydrogens is 364 g/mol. The number of hydrogen-bond acceptors (Lipinski definition) is 2. The summed E-state index contributed by atoms with van der Waals surface area (Å²) in [6.07, 6.45) is 10.9. The number of unbranched alkanes of at least 4 members (excludes halogenated alkanes) is 1. The molecule has 1 unspecified atom stereocenters. The van der Waals surface area contributed by atoms with Crippen LogP contribution in [0.25, 0.3) is 16.7 Å². The molecule has 0 saturated heterocycles. The van der Waals surface area contributed by atoms with Gasteiger partial charge in [-0.2, -0.15) is 0 Å². The van der Waals surface area contributed by atoms with E-state index in [2.05, 4.69) is 85.8 Å². The minimum Gasteiger partial charge on any atom is -0.399 e. The van der Waals surface area contributed by atoms with Gasteiger partial charge in [-0.05, 0) is 64.8 Å². The molecule has 0 saturated carbocycles. The lowest BCUT2D eigenvalue weighted by atomic mass is 9.78. The first-order valence-corrected chi connectivity index (χ1v) is 10.8. The monoisotopic (exact) mass is 394 g/mol. The smallest absolute Gasteiger partial charge is 0.0639 e. The fraction of sp³-hybridized carbons (Fsp3) is 0.214. The second-order valence-electron chi connectivity index (χ2n) is 8.21. The molecule has 4 N–H and O–H groups in total. The van der Waals surface area contributed by atoms with Crippen LogP contribution >= 0.6 is 0 Å². The highest BCUT2D eigenvalue weighted by atomic mass is 14.7. The molecule has 152 valence electrons. The first-order chi connectivity index (χ1) is 14.6. The average molecular weight is 395 g/mol. The molecule has 0 heterocycles. The Morgan fingerprint density at radius 3 is 2.23 bits per heavy atom. The molecule has 3 aromatic rings. The van der Waals surface area contributed by atoms with E-state index in [-0.39, 0.29) is 0 Å². The van der Waals surface area contributed by atoms with Crippen molar-refractivity contribution in [2.45, 2.75) is 38.1 Å². The molecule has 4 rings (SSSR count). The molecule has 0 aromatic heterocycles. The zero-order chi connectivity index (χ0) is 21.0. The van der Waals surface area contributed by atoms with Crippen LogP contribution in [0.4, 0.5) is 5.69 Å². The molecule has 2 nitrogen and oxygen atoms in total. The summed E-state index contributed by atoms with van der Waals surface area (Å²) in [6.45, 7) is 2.23. The summed E-state index contributed by atoms with van der Waals surface area (Å²) in [5.41, 5.74) is 20.3. The maximum absolute atomic E-state index is 6.93. The van der Waals surface area contributed by atoms with Crippen LogP contribution < -0.4 is 11.5 Å². The van der Waals surface area contributed by atoms with Gasteiger partial charge in [0.1, 0.15) is 0 Å². The molecular formula is C28H30N2. The van der Waals surface area contributed by atoms with E-state index >= 15 is 0 Å². The summed E-state index contributed by atoms with van der Waals surface area (Å²) in [4.78, 5) is 0.